The second kappa shape index (κ2) is 8.03. The lowest BCUT2D eigenvalue weighted by Gasteiger charge is -2.21. The molecular formula is C19H20ClN3O2. The molecule has 3 aromatic rings. The van der Waals surface area contributed by atoms with Gasteiger partial charge in [-0.15, -0.1) is 0 Å². The Morgan fingerprint density at radius 2 is 2.08 bits per heavy atom. The summed E-state index contributed by atoms with van der Waals surface area (Å²) in [5, 5.41) is 0.722. The number of hydrogen-bond donors (Lipinski definition) is 0. The van der Waals surface area contributed by atoms with Crippen molar-refractivity contribution in [1.82, 2.24) is 14.5 Å². The molecule has 0 saturated carbocycles. The molecule has 25 heavy (non-hydrogen) atoms. The van der Waals surface area contributed by atoms with E-state index in [1.807, 2.05) is 54.1 Å². The van der Waals surface area contributed by atoms with Crippen molar-refractivity contribution in [3.8, 4) is 0 Å². The normalized spacial score (nSPS) is 10.8. The minimum Gasteiger partial charge on any atom is -0.467 e. The van der Waals surface area contributed by atoms with Crippen molar-refractivity contribution >= 4 is 17.5 Å². The van der Waals surface area contributed by atoms with Gasteiger partial charge in [0.25, 0.3) is 0 Å². The van der Waals surface area contributed by atoms with Crippen molar-refractivity contribution in [1.29, 1.82) is 0 Å². The first-order valence-corrected chi connectivity index (χ1v) is 8.58. The highest BCUT2D eigenvalue weighted by atomic mass is 35.5. The molecule has 0 aliphatic heterocycles. The Balaban J connectivity index is 1.78. The van der Waals surface area contributed by atoms with Crippen LogP contribution in [0.15, 0.2) is 59.5 Å². The summed E-state index contributed by atoms with van der Waals surface area (Å²) in [6.07, 6.45) is 5.70. The third-order valence-corrected chi connectivity index (χ3v) is 4.38. The molecule has 2 aromatic heterocycles. The van der Waals surface area contributed by atoms with Gasteiger partial charge in [0.2, 0.25) is 5.91 Å². The smallest absolute Gasteiger partial charge is 0.223 e. The van der Waals surface area contributed by atoms with Crippen LogP contribution in [0.3, 0.4) is 0 Å². The molecule has 0 N–H and O–H groups in total. The molecule has 0 atom stereocenters. The largest absolute Gasteiger partial charge is 0.467 e. The second-order valence-electron chi connectivity index (χ2n) is 5.75. The van der Waals surface area contributed by atoms with Gasteiger partial charge in [-0.25, -0.2) is 4.98 Å². The van der Waals surface area contributed by atoms with Crippen LogP contribution in [0.2, 0.25) is 5.02 Å². The highest BCUT2D eigenvalue weighted by Gasteiger charge is 2.17. The van der Waals surface area contributed by atoms with Crippen LogP contribution < -0.4 is 0 Å². The van der Waals surface area contributed by atoms with Gasteiger partial charge >= 0.3 is 0 Å². The Morgan fingerprint density at radius 3 is 2.80 bits per heavy atom. The van der Waals surface area contributed by atoms with Crippen molar-refractivity contribution in [2.75, 3.05) is 0 Å². The first kappa shape index (κ1) is 17.3. The number of carbonyl (C=O) groups is 1. The Morgan fingerprint density at radius 1 is 1.24 bits per heavy atom. The summed E-state index contributed by atoms with van der Waals surface area (Å²) < 4.78 is 7.39. The first-order chi connectivity index (χ1) is 12.2. The predicted molar refractivity (Wildman–Crippen MR) is 96.0 cm³/mol. The Hall–Kier alpha value is -2.53. The molecule has 0 saturated heterocycles. The molecule has 0 bridgehead atoms. The van der Waals surface area contributed by atoms with E-state index in [4.69, 9.17) is 16.0 Å². The minimum absolute atomic E-state index is 0.0590. The number of rotatable bonds is 7. The third-order valence-electron chi connectivity index (χ3n) is 4.01. The van der Waals surface area contributed by atoms with Crippen LogP contribution >= 0.6 is 11.6 Å². The molecule has 0 radical (unpaired) electrons. The predicted octanol–water partition coefficient (Wildman–Crippen LogP) is 4.12. The fourth-order valence-electron chi connectivity index (χ4n) is 2.66. The summed E-state index contributed by atoms with van der Waals surface area (Å²) >= 11 is 6.26. The van der Waals surface area contributed by atoms with E-state index in [0.29, 0.717) is 26.1 Å². The Kier molecular flexibility index (Phi) is 5.56. The zero-order valence-electron chi connectivity index (χ0n) is 14.1. The second-order valence-corrected chi connectivity index (χ2v) is 6.15. The summed E-state index contributed by atoms with van der Waals surface area (Å²) in [5.41, 5.74) is 1.02. The fourth-order valence-corrected chi connectivity index (χ4v) is 2.86. The molecule has 0 aliphatic rings. The van der Waals surface area contributed by atoms with E-state index in [0.717, 1.165) is 22.2 Å². The maximum atomic E-state index is 12.3. The number of furan rings is 1. The van der Waals surface area contributed by atoms with Crippen LogP contribution in [0, 0.1) is 0 Å². The molecular weight excluding hydrogens is 338 g/mol. The van der Waals surface area contributed by atoms with Gasteiger partial charge in [-0.3, -0.25) is 4.79 Å². The average Bonchev–Trinajstić information content (AvgIpc) is 3.28. The average molecular weight is 358 g/mol. The van der Waals surface area contributed by atoms with E-state index >= 15 is 0 Å². The number of nitrogens with zero attached hydrogens (tertiary/aromatic N) is 3. The van der Waals surface area contributed by atoms with Crippen LogP contribution in [0.1, 0.15) is 30.5 Å². The quantitative estimate of drug-likeness (QED) is 0.639. The Bertz CT molecular complexity index is 827. The van der Waals surface area contributed by atoms with Crippen molar-refractivity contribution in [2.45, 2.75) is 33.0 Å². The van der Waals surface area contributed by atoms with Crippen molar-refractivity contribution in [2.24, 2.45) is 0 Å². The van der Waals surface area contributed by atoms with E-state index in [1.54, 1.807) is 17.4 Å². The van der Waals surface area contributed by atoms with Crippen molar-refractivity contribution in [3.05, 3.63) is 77.2 Å². The van der Waals surface area contributed by atoms with Gasteiger partial charge in [-0.05, 0) is 23.8 Å². The molecule has 0 unspecified atom stereocenters. The number of carbonyl (C=O) groups excluding carboxylic acids is 1. The highest BCUT2D eigenvalue weighted by molar-refractivity contribution is 6.31. The number of imidazole rings is 1. The van der Waals surface area contributed by atoms with Crippen LogP contribution in [0.4, 0.5) is 0 Å². The van der Waals surface area contributed by atoms with E-state index in [-0.39, 0.29) is 5.91 Å². The minimum atomic E-state index is 0.0590. The maximum Gasteiger partial charge on any atom is 0.223 e. The number of halogens is 1. The number of benzene rings is 1. The molecule has 0 aliphatic carbocycles. The highest BCUT2D eigenvalue weighted by Crippen LogP contribution is 2.18. The van der Waals surface area contributed by atoms with Gasteiger partial charge in [0.15, 0.2) is 0 Å². The van der Waals surface area contributed by atoms with Gasteiger partial charge in [0.1, 0.15) is 11.6 Å². The van der Waals surface area contributed by atoms with Gasteiger partial charge in [0.05, 0.1) is 25.9 Å². The molecule has 5 nitrogen and oxygen atoms in total. The molecule has 6 heteroatoms. The van der Waals surface area contributed by atoms with Gasteiger partial charge in [0, 0.05) is 23.8 Å². The summed E-state index contributed by atoms with van der Waals surface area (Å²) in [5.74, 6) is 1.63. The third kappa shape index (κ3) is 4.31. The Labute approximate surface area is 151 Å². The lowest BCUT2D eigenvalue weighted by Crippen LogP contribution is -2.30. The molecule has 0 fully saturated rings. The van der Waals surface area contributed by atoms with E-state index in [2.05, 4.69) is 4.98 Å². The van der Waals surface area contributed by atoms with Gasteiger partial charge in [-0.2, -0.15) is 0 Å². The van der Waals surface area contributed by atoms with Crippen molar-refractivity contribution in [3.63, 3.8) is 0 Å². The summed E-state index contributed by atoms with van der Waals surface area (Å²) in [4.78, 5) is 18.5. The van der Waals surface area contributed by atoms with E-state index in [9.17, 15) is 4.79 Å². The van der Waals surface area contributed by atoms with Crippen LogP contribution in [0.25, 0.3) is 0 Å². The SMILES string of the molecule is CCC(=O)N(Cc1ccco1)Cc1nccn1Cc1ccccc1Cl. The lowest BCUT2D eigenvalue weighted by atomic mass is 10.2. The van der Waals surface area contributed by atoms with E-state index in [1.165, 1.54) is 0 Å². The summed E-state index contributed by atoms with van der Waals surface area (Å²) in [6, 6.07) is 11.4. The van der Waals surface area contributed by atoms with E-state index < -0.39 is 0 Å². The molecule has 0 spiro atoms. The molecule has 3 rings (SSSR count). The van der Waals surface area contributed by atoms with Gasteiger partial charge < -0.3 is 13.9 Å². The number of amides is 1. The zero-order chi connectivity index (χ0) is 17.6. The topological polar surface area (TPSA) is 51.3 Å². The van der Waals surface area contributed by atoms with Crippen LogP contribution in [-0.4, -0.2) is 20.4 Å². The van der Waals surface area contributed by atoms with Crippen LogP contribution in [-0.2, 0) is 24.4 Å². The monoisotopic (exact) mass is 357 g/mol. The lowest BCUT2D eigenvalue weighted by molar-refractivity contribution is -0.132. The summed E-state index contributed by atoms with van der Waals surface area (Å²) in [6.45, 7) is 3.32. The number of hydrogen-bond acceptors (Lipinski definition) is 3. The molecule has 2 heterocycles. The molecule has 1 aromatic carbocycles. The van der Waals surface area contributed by atoms with Crippen molar-refractivity contribution < 1.29 is 9.21 Å². The van der Waals surface area contributed by atoms with Gasteiger partial charge in [-0.1, -0.05) is 36.7 Å². The maximum absolute atomic E-state index is 12.3. The summed E-state index contributed by atoms with van der Waals surface area (Å²) in [7, 11) is 0. The zero-order valence-corrected chi connectivity index (χ0v) is 14.8. The first-order valence-electron chi connectivity index (χ1n) is 8.21. The fraction of sp³-hybridized carbons (Fsp3) is 0.263. The van der Waals surface area contributed by atoms with Crippen LogP contribution in [0.5, 0.6) is 0 Å². The number of aromatic nitrogens is 2. The molecule has 130 valence electrons. The molecule has 1 amide bonds. The standard InChI is InChI=1S/C19H20ClN3O2/c1-2-19(24)23(13-16-7-5-11-25-16)14-18-21-9-10-22(18)12-15-6-3-4-8-17(15)20/h3-11H,2,12-14H2,1H3.